The lowest BCUT2D eigenvalue weighted by Gasteiger charge is -2.08. The Morgan fingerprint density at radius 3 is 2.70 bits per heavy atom. The molecule has 0 atom stereocenters. The van der Waals surface area contributed by atoms with Crippen LogP contribution in [0.15, 0.2) is 36.5 Å². The molecular weight excluding hydrogens is 304 g/mol. The summed E-state index contributed by atoms with van der Waals surface area (Å²) in [5.41, 5.74) is 11.8. The van der Waals surface area contributed by atoms with Gasteiger partial charge in [0.05, 0.1) is 11.1 Å². The Kier molecular flexibility index (Phi) is 3.96. The van der Waals surface area contributed by atoms with Gasteiger partial charge in [-0.15, -0.1) is 0 Å². The normalized spacial score (nSPS) is 11.9. The first-order chi connectivity index (χ1) is 11.0. The van der Waals surface area contributed by atoms with E-state index in [0.29, 0.717) is 10.6 Å². The third-order valence-electron chi connectivity index (χ3n) is 3.89. The van der Waals surface area contributed by atoms with Crippen LogP contribution in [0.5, 0.6) is 0 Å². The van der Waals surface area contributed by atoms with E-state index in [1.807, 2.05) is 29.8 Å². The van der Waals surface area contributed by atoms with Crippen molar-refractivity contribution >= 4 is 40.0 Å². The molecule has 3 rings (SSSR count). The van der Waals surface area contributed by atoms with Crippen molar-refractivity contribution in [1.29, 1.82) is 0 Å². The predicted octanol–water partition coefficient (Wildman–Crippen LogP) is 3.41. The lowest BCUT2D eigenvalue weighted by molar-refractivity contribution is 0.926. The number of fused-ring (bicyclic) bond motifs is 1. The SMILES string of the molecule is Cc1ccc(/C=C(\C(N)=S)c2nc3ncccc3n2C)c(C)c1. The highest BCUT2D eigenvalue weighted by Crippen LogP contribution is 2.23. The smallest absolute Gasteiger partial charge is 0.178 e. The lowest BCUT2D eigenvalue weighted by atomic mass is 10.0. The van der Waals surface area contributed by atoms with Crippen molar-refractivity contribution in [2.24, 2.45) is 12.8 Å². The Hall–Kier alpha value is -2.53. The quantitative estimate of drug-likeness (QED) is 0.593. The van der Waals surface area contributed by atoms with Gasteiger partial charge in [0.2, 0.25) is 0 Å². The maximum absolute atomic E-state index is 5.98. The molecule has 0 spiro atoms. The summed E-state index contributed by atoms with van der Waals surface area (Å²) in [5.74, 6) is 0.728. The second kappa shape index (κ2) is 5.93. The van der Waals surface area contributed by atoms with E-state index in [2.05, 4.69) is 42.0 Å². The Balaban J connectivity index is 2.20. The number of hydrogen-bond acceptors (Lipinski definition) is 3. The highest BCUT2D eigenvalue weighted by molar-refractivity contribution is 7.81. The van der Waals surface area contributed by atoms with Crippen LogP contribution in [0.4, 0.5) is 0 Å². The van der Waals surface area contributed by atoms with Gasteiger partial charge in [-0.25, -0.2) is 9.97 Å². The molecule has 0 amide bonds. The molecule has 0 radical (unpaired) electrons. The molecule has 0 saturated carbocycles. The highest BCUT2D eigenvalue weighted by atomic mass is 32.1. The van der Waals surface area contributed by atoms with E-state index in [0.717, 1.165) is 22.5 Å². The Morgan fingerprint density at radius 1 is 1.26 bits per heavy atom. The molecular formula is C18H18N4S. The van der Waals surface area contributed by atoms with Crippen LogP contribution in [-0.2, 0) is 7.05 Å². The topological polar surface area (TPSA) is 56.7 Å². The molecule has 1 aromatic carbocycles. The molecule has 0 saturated heterocycles. The van der Waals surface area contributed by atoms with Gasteiger partial charge in [0.25, 0.3) is 0 Å². The molecule has 2 aromatic heterocycles. The molecule has 2 N–H and O–H groups in total. The molecule has 0 aliphatic carbocycles. The summed E-state index contributed by atoms with van der Waals surface area (Å²) in [6, 6.07) is 10.2. The maximum Gasteiger partial charge on any atom is 0.178 e. The molecule has 0 aliphatic rings. The van der Waals surface area contributed by atoms with Crippen molar-refractivity contribution in [3.8, 4) is 0 Å². The largest absolute Gasteiger partial charge is 0.389 e. The summed E-state index contributed by atoms with van der Waals surface area (Å²) < 4.78 is 1.97. The molecule has 5 heteroatoms. The van der Waals surface area contributed by atoms with Crippen LogP contribution in [0.25, 0.3) is 22.8 Å². The number of imidazole rings is 1. The number of pyridine rings is 1. The monoisotopic (exact) mass is 322 g/mol. The molecule has 3 aromatic rings. The third-order valence-corrected chi connectivity index (χ3v) is 4.11. The first-order valence-corrected chi connectivity index (χ1v) is 7.75. The molecule has 0 fully saturated rings. The number of thiocarbonyl (C=S) groups is 1. The molecule has 0 aliphatic heterocycles. The summed E-state index contributed by atoms with van der Waals surface area (Å²) >= 11 is 5.27. The van der Waals surface area contributed by atoms with Crippen molar-refractivity contribution in [3.05, 3.63) is 59.0 Å². The Labute approximate surface area is 140 Å². The minimum Gasteiger partial charge on any atom is -0.389 e. The second-order valence-corrected chi connectivity index (χ2v) is 6.06. The number of nitrogens with two attached hydrogens (primary N) is 1. The van der Waals surface area contributed by atoms with Crippen molar-refractivity contribution in [2.75, 3.05) is 0 Å². The van der Waals surface area contributed by atoms with E-state index in [-0.39, 0.29) is 0 Å². The van der Waals surface area contributed by atoms with Crippen molar-refractivity contribution in [2.45, 2.75) is 13.8 Å². The first-order valence-electron chi connectivity index (χ1n) is 7.34. The van der Waals surface area contributed by atoms with E-state index in [9.17, 15) is 0 Å². The standard InChI is InChI=1S/C18H18N4S/c1-11-6-7-13(12(2)9-11)10-14(16(19)23)18-21-17-15(22(18)3)5-4-8-20-17/h4-10H,1-3H3,(H2,19,23)/b14-10+. The molecule has 0 unspecified atom stereocenters. The van der Waals surface area contributed by atoms with E-state index in [4.69, 9.17) is 18.0 Å². The van der Waals surface area contributed by atoms with Gasteiger partial charge in [0.1, 0.15) is 10.8 Å². The number of aromatic nitrogens is 3. The first kappa shape index (κ1) is 15.4. The zero-order valence-corrected chi connectivity index (χ0v) is 14.2. The summed E-state index contributed by atoms with van der Waals surface area (Å²) in [6.07, 6.45) is 3.73. The average molecular weight is 322 g/mol. The summed E-state index contributed by atoms with van der Waals surface area (Å²) in [4.78, 5) is 9.21. The zero-order valence-electron chi connectivity index (χ0n) is 13.4. The second-order valence-electron chi connectivity index (χ2n) is 5.62. The van der Waals surface area contributed by atoms with E-state index in [1.54, 1.807) is 6.20 Å². The average Bonchev–Trinajstić information content (AvgIpc) is 2.83. The lowest BCUT2D eigenvalue weighted by Crippen LogP contribution is -2.13. The zero-order chi connectivity index (χ0) is 16.6. The van der Waals surface area contributed by atoms with Gasteiger partial charge in [-0.2, -0.15) is 0 Å². The van der Waals surface area contributed by atoms with Crippen LogP contribution < -0.4 is 5.73 Å². The summed E-state index contributed by atoms with van der Waals surface area (Å²) in [5, 5.41) is 0. The molecule has 116 valence electrons. The maximum atomic E-state index is 5.98. The minimum absolute atomic E-state index is 0.323. The van der Waals surface area contributed by atoms with Gasteiger partial charge in [-0.05, 0) is 43.2 Å². The Bertz CT molecular complexity index is 937. The van der Waals surface area contributed by atoms with E-state index in [1.165, 1.54) is 11.1 Å². The Morgan fingerprint density at radius 2 is 2.04 bits per heavy atom. The molecule has 4 nitrogen and oxygen atoms in total. The summed E-state index contributed by atoms with van der Waals surface area (Å²) in [7, 11) is 1.94. The number of hydrogen-bond donors (Lipinski definition) is 1. The van der Waals surface area contributed by atoms with Crippen LogP contribution in [0.2, 0.25) is 0 Å². The molecule has 2 heterocycles. The summed E-state index contributed by atoms with van der Waals surface area (Å²) in [6.45, 7) is 4.15. The number of aryl methyl sites for hydroxylation is 3. The van der Waals surface area contributed by atoms with Crippen molar-refractivity contribution in [3.63, 3.8) is 0 Å². The van der Waals surface area contributed by atoms with Gasteiger partial charge in [-0.3, -0.25) is 0 Å². The fourth-order valence-corrected chi connectivity index (χ4v) is 2.81. The van der Waals surface area contributed by atoms with Gasteiger partial charge in [-0.1, -0.05) is 36.0 Å². The van der Waals surface area contributed by atoms with Crippen LogP contribution >= 0.6 is 12.2 Å². The van der Waals surface area contributed by atoms with Crippen LogP contribution in [0.3, 0.4) is 0 Å². The van der Waals surface area contributed by atoms with E-state index >= 15 is 0 Å². The van der Waals surface area contributed by atoms with E-state index < -0.39 is 0 Å². The van der Waals surface area contributed by atoms with Crippen LogP contribution in [-0.4, -0.2) is 19.5 Å². The third kappa shape index (κ3) is 2.87. The van der Waals surface area contributed by atoms with Gasteiger partial charge in [0.15, 0.2) is 5.65 Å². The fourth-order valence-electron chi connectivity index (χ4n) is 2.66. The van der Waals surface area contributed by atoms with Crippen molar-refractivity contribution < 1.29 is 0 Å². The fraction of sp³-hybridized carbons (Fsp3) is 0.167. The van der Waals surface area contributed by atoms with Crippen LogP contribution in [0.1, 0.15) is 22.5 Å². The van der Waals surface area contributed by atoms with Crippen LogP contribution in [0, 0.1) is 13.8 Å². The van der Waals surface area contributed by atoms with Gasteiger partial charge < -0.3 is 10.3 Å². The number of benzene rings is 1. The highest BCUT2D eigenvalue weighted by Gasteiger charge is 2.15. The minimum atomic E-state index is 0.323. The number of rotatable bonds is 3. The van der Waals surface area contributed by atoms with Gasteiger partial charge in [0, 0.05) is 13.2 Å². The van der Waals surface area contributed by atoms with Crippen molar-refractivity contribution in [1.82, 2.24) is 14.5 Å². The predicted molar refractivity (Wildman–Crippen MR) is 99.1 cm³/mol. The number of nitrogens with zero attached hydrogens (tertiary/aromatic N) is 3. The molecule has 23 heavy (non-hydrogen) atoms. The van der Waals surface area contributed by atoms with Gasteiger partial charge >= 0.3 is 0 Å². The molecule has 0 bridgehead atoms.